The van der Waals surface area contributed by atoms with Crippen LogP contribution in [0.2, 0.25) is 0 Å². The Morgan fingerprint density at radius 2 is 1.61 bits per heavy atom. The van der Waals surface area contributed by atoms with E-state index in [9.17, 15) is 4.39 Å². The van der Waals surface area contributed by atoms with Crippen molar-refractivity contribution in [1.82, 2.24) is 0 Å². The van der Waals surface area contributed by atoms with E-state index < -0.39 is 5.79 Å². The first-order valence-electron chi connectivity index (χ1n) is 7.12. The maximum atomic E-state index is 14.1. The van der Waals surface area contributed by atoms with Crippen molar-refractivity contribution in [3.8, 4) is 11.5 Å². The minimum Gasteiger partial charge on any atom is -0.444 e. The lowest BCUT2D eigenvalue weighted by Gasteiger charge is -2.23. The van der Waals surface area contributed by atoms with E-state index in [0.29, 0.717) is 22.7 Å². The zero-order chi connectivity index (χ0) is 16.2. The molecule has 0 bridgehead atoms. The van der Waals surface area contributed by atoms with E-state index in [1.165, 1.54) is 6.07 Å². The molecule has 0 saturated heterocycles. The average molecular weight is 374 g/mol. The summed E-state index contributed by atoms with van der Waals surface area (Å²) in [7, 11) is 0. The Kier molecular flexibility index (Phi) is 3.03. The number of fused-ring (bicyclic) bond motifs is 2. The highest BCUT2D eigenvalue weighted by Gasteiger charge is 2.40. The van der Waals surface area contributed by atoms with Gasteiger partial charge in [0.05, 0.1) is 5.56 Å². The first kappa shape index (κ1) is 14.3. The highest BCUT2D eigenvalue weighted by Crippen LogP contribution is 2.46. The van der Waals surface area contributed by atoms with Gasteiger partial charge in [-0.3, -0.25) is 0 Å². The van der Waals surface area contributed by atoms with E-state index in [1.54, 1.807) is 25.1 Å². The van der Waals surface area contributed by atoms with Crippen LogP contribution in [0.3, 0.4) is 0 Å². The van der Waals surface area contributed by atoms with Crippen LogP contribution in [0, 0.1) is 5.82 Å². The highest BCUT2D eigenvalue weighted by atomic mass is 79.9. The molecule has 0 amide bonds. The second-order valence-corrected chi connectivity index (χ2v) is 6.50. The molecule has 0 saturated carbocycles. The fraction of sp³-hybridized carbons (Fsp3) is 0.111. The molecule has 23 heavy (non-hydrogen) atoms. The second kappa shape index (κ2) is 4.86. The van der Waals surface area contributed by atoms with Crippen molar-refractivity contribution in [2.24, 2.45) is 0 Å². The van der Waals surface area contributed by atoms with E-state index in [2.05, 4.69) is 15.9 Å². The fourth-order valence-corrected chi connectivity index (χ4v) is 3.20. The van der Waals surface area contributed by atoms with Gasteiger partial charge in [-0.1, -0.05) is 12.1 Å². The van der Waals surface area contributed by atoms with Crippen molar-refractivity contribution in [2.75, 3.05) is 5.73 Å². The maximum absolute atomic E-state index is 14.1. The van der Waals surface area contributed by atoms with Gasteiger partial charge in [0.1, 0.15) is 5.82 Å². The molecule has 1 aliphatic rings. The van der Waals surface area contributed by atoms with Crippen LogP contribution in [-0.4, -0.2) is 0 Å². The third-order valence-corrected chi connectivity index (χ3v) is 4.68. The lowest BCUT2D eigenvalue weighted by molar-refractivity contribution is -0.0706. The number of rotatable bonds is 1. The molecule has 0 radical (unpaired) electrons. The summed E-state index contributed by atoms with van der Waals surface area (Å²) in [5.41, 5.74) is 6.94. The molecule has 3 aromatic carbocycles. The molecule has 116 valence electrons. The molecule has 1 unspecified atom stereocenters. The molecular weight excluding hydrogens is 361 g/mol. The van der Waals surface area contributed by atoms with E-state index in [1.807, 2.05) is 24.3 Å². The monoisotopic (exact) mass is 373 g/mol. The molecule has 0 aliphatic carbocycles. The van der Waals surface area contributed by atoms with Crippen molar-refractivity contribution >= 4 is 32.4 Å². The highest BCUT2D eigenvalue weighted by molar-refractivity contribution is 9.10. The van der Waals surface area contributed by atoms with Crippen molar-refractivity contribution in [2.45, 2.75) is 12.7 Å². The van der Waals surface area contributed by atoms with Crippen molar-refractivity contribution < 1.29 is 13.9 Å². The van der Waals surface area contributed by atoms with Gasteiger partial charge in [-0.15, -0.1) is 0 Å². The predicted octanol–water partition coefficient (Wildman–Crippen LogP) is 4.97. The van der Waals surface area contributed by atoms with Crippen LogP contribution in [-0.2, 0) is 5.79 Å². The van der Waals surface area contributed by atoms with Crippen molar-refractivity contribution in [3.63, 3.8) is 0 Å². The molecule has 1 aliphatic heterocycles. The Balaban J connectivity index is 1.83. The molecule has 2 N–H and O–H groups in total. The van der Waals surface area contributed by atoms with Crippen LogP contribution < -0.4 is 15.2 Å². The number of hydrogen-bond acceptors (Lipinski definition) is 3. The van der Waals surface area contributed by atoms with Gasteiger partial charge in [-0.05, 0) is 63.1 Å². The van der Waals surface area contributed by atoms with Gasteiger partial charge < -0.3 is 15.2 Å². The summed E-state index contributed by atoms with van der Waals surface area (Å²) in [6.45, 7) is 1.71. The number of nitrogen functional groups attached to an aromatic ring is 1. The molecule has 4 rings (SSSR count). The van der Waals surface area contributed by atoms with Gasteiger partial charge >= 0.3 is 0 Å². The molecule has 1 atom stereocenters. The first-order valence-corrected chi connectivity index (χ1v) is 7.91. The van der Waals surface area contributed by atoms with Gasteiger partial charge in [-0.2, -0.15) is 0 Å². The van der Waals surface area contributed by atoms with Crippen LogP contribution in [0.25, 0.3) is 10.8 Å². The van der Waals surface area contributed by atoms with Gasteiger partial charge in [0, 0.05) is 17.1 Å². The SMILES string of the molecule is CC1(c2ccccc2F)Oc2cc3cc(N)c(Br)cc3cc2O1. The summed E-state index contributed by atoms with van der Waals surface area (Å²) in [5.74, 6) is -0.391. The quantitative estimate of drug-likeness (QED) is 0.612. The summed E-state index contributed by atoms with van der Waals surface area (Å²) in [6, 6.07) is 14.0. The largest absolute Gasteiger partial charge is 0.444 e. The molecule has 0 fully saturated rings. The van der Waals surface area contributed by atoms with Gasteiger partial charge in [-0.25, -0.2) is 4.39 Å². The molecule has 5 heteroatoms. The van der Waals surface area contributed by atoms with E-state index in [4.69, 9.17) is 15.2 Å². The van der Waals surface area contributed by atoms with E-state index >= 15 is 0 Å². The number of anilines is 1. The van der Waals surface area contributed by atoms with E-state index in [0.717, 1.165) is 15.2 Å². The lowest BCUT2D eigenvalue weighted by Crippen LogP contribution is -2.32. The summed E-state index contributed by atoms with van der Waals surface area (Å²) in [4.78, 5) is 0. The maximum Gasteiger partial charge on any atom is 0.278 e. The van der Waals surface area contributed by atoms with Gasteiger partial charge in [0.25, 0.3) is 5.79 Å². The minimum absolute atomic E-state index is 0.362. The van der Waals surface area contributed by atoms with Gasteiger partial charge in [0.2, 0.25) is 0 Å². The summed E-state index contributed by atoms with van der Waals surface area (Å²) in [6.07, 6.45) is 0. The van der Waals surface area contributed by atoms with Gasteiger partial charge in [0.15, 0.2) is 11.5 Å². The molecule has 3 nitrogen and oxygen atoms in total. The van der Waals surface area contributed by atoms with Crippen LogP contribution in [0.5, 0.6) is 11.5 Å². The number of benzene rings is 3. The molecule has 0 spiro atoms. The zero-order valence-electron chi connectivity index (χ0n) is 12.3. The fourth-order valence-electron chi connectivity index (χ4n) is 2.84. The van der Waals surface area contributed by atoms with Crippen molar-refractivity contribution in [3.05, 3.63) is 64.4 Å². The van der Waals surface area contributed by atoms with Crippen molar-refractivity contribution in [1.29, 1.82) is 0 Å². The Morgan fingerprint density at radius 3 is 2.26 bits per heavy atom. The summed E-state index contributed by atoms with van der Waals surface area (Å²) < 4.78 is 26.8. The Morgan fingerprint density at radius 1 is 1.00 bits per heavy atom. The summed E-state index contributed by atoms with van der Waals surface area (Å²) in [5, 5.41) is 1.90. The first-order chi connectivity index (χ1) is 11.0. The standard InChI is InChI=1S/C18H13BrFNO2/c1-18(12-4-2-3-5-14(12)20)22-16-8-10-6-13(19)15(21)7-11(10)9-17(16)23-18/h2-9H,21H2,1H3. The molecule has 3 aromatic rings. The Labute approximate surface area is 140 Å². The average Bonchev–Trinajstić information content (AvgIpc) is 2.83. The van der Waals surface area contributed by atoms with Crippen LogP contribution in [0.4, 0.5) is 10.1 Å². The van der Waals surface area contributed by atoms with Crippen LogP contribution in [0.1, 0.15) is 12.5 Å². The topological polar surface area (TPSA) is 44.5 Å². The van der Waals surface area contributed by atoms with E-state index in [-0.39, 0.29) is 5.82 Å². The number of ether oxygens (including phenoxy) is 2. The summed E-state index contributed by atoms with van der Waals surface area (Å²) >= 11 is 3.42. The lowest BCUT2D eigenvalue weighted by atomic mass is 10.1. The Bertz CT molecular complexity index is 891. The molecule has 0 aromatic heterocycles. The smallest absolute Gasteiger partial charge is 0.278 e. The number of hydrogen-bond donors (Lipinski definition) is 1. The van der Waals surface area contributed by atoms with Crippen LogP contribution in [0.15, 0.2) is 53.0 Å². The Hall–Kier alpha value is -2.27. The molecular formula is C18H13BrFNO2. The second-order valence-electron chi connectivity index (χ2n) is 5.65. The zero-order valence-corrected chi connectivity index (χ0v) is 13.9. The molecule has 1 heterocycles. The van der Waals surface area contributed by atoms with Crippen LogP contribution >= 0.6 is 15.9 Å². The third-order valence-electron chi connectivity index (χ3n) is 3.99. The number of halogens is 2. The minimum atomic E-state index is -1.19. The third kappa shape index (κ3) is 2.23. The normalized spacial score (nSPS) is 19.3. The number of nitrogens with two attached hydrogens (primary N) is 1. The predicted molar refractivity (Wildman–Crippen MR) is 91.1 cm³/mol.